The predicted molar refractivity (Wildman–Crippen MR) is 72.0 cm³/mol. The second-order valence-corrected chi connectivity index (χ2v) is 5.71. The molecule has 98 valence electrons. The number of carbonyl (C=O) groups is 2. The molecule has 0 spiro atoms. The Morgan fingerprint density at radius 3 is 2.39 bits per heavy atom. The molecule has 2 N–H and O–H groups in total. The standard InChI is InChI=1S/C12H14ClNO3S/c1-12(2,11(16)17)14-10(15)7-18-9-5-3-8(13)4-6-9/h3-6H,7H2,1-2H3,(H,14,15)(H,16,17). The van der Waals surface area contributed by atoms with Crippen LogP contribution in [-0.4, -0.2) is 28.3 Å². The van der Waals surface area contributed by atoms with Crippen LogP contribution in [0.3, 0.4) is 0 Å². The number of carbonyl (C=O) groups excluding carboxylic acids is 1. The Kier molecular flexibility index (Phi) is 5.04. The van der Waals surface area contributed by atoms with Crippen molar-refractivity contribution in [1.29, 1.82) is 0 Å². The van der Waals surface area contributed by atoms with Crippen molar-refractivity contribution >= 4 is 35.2 Å². The molecule has 0 aliphatic heterocycles. The van der Waals surface area contributed by atoms with Crippen LogP contribution in [0.15, 0.2) is 29.2 Å². The molecule has 0 atom stereocenters. The zero-order chi connectivity index (χ0) is 13.8. The highest BCUT2D eigenvalue weighted by Gasteiger charge is 2.28. The Morgan fingerprint density at radius 1 is 1.33 bits per heavy atom. The lowest BCUT2D eigenvalue weighted by molar-refractivity contribution is -0.145. The van der Waals surface area contributed by atoms with Gasteiger partial charge in [-0.2, -0.15) is 0 Å². The smallest absolute Gasteiger partial charge is 0.328 e. The number of hydrogen-bond donors (Lipinski definition) is 2. The van der Waals surface area contributed by atoms with E-state index in [4.69, 9.17) is 16.7 Å². The summed E-state index contributed by atoms with van der Waals surface area (Å²) in [6.07, 6.45) is 0. The van der Waals surface area contributed by atoms with Crippen molar-refractivity contribution in [1.82, 2.24) is 5.32 Å². The van der Waals surface area contributed by atoms with E-state index in [1.54, 1.807) is 12.1 Å². The maximum atomic E-state index is 11.6. The van der Waals surface area contributed by atoms with Gasteiger partial charge in [-0.25, -0.2) is 4.79 Å². The third kappa shape index (κ3) is 4.58. The third-order valence-corrected chi connectivity index (χ3v) is 3.43. The van der Waals surface area contributed by atoms with Gasteiger partial charge in [-0.3, -0.25) is 4.79 Å². The molecule has 0 aromatic heterocycles. The highest BCUT2D eigenvalue weighted by molar-refractivity contribution is 8.00. The number of carboxylic acids is 1. The van der Waals surface area contributed by atoms with E-state index >= 15 is 0 Å². The first-order chi connectivity index (χ1) is 8.31. The monoisotopic (exact) mass is 287 g/mol. The highest BCUT2D eigenvalue weighted by Crippen LogP contribution is 2.20. The molecule has 0 bridgehead atoms. The molecule has 18 heavy (non-hydrogen) atoms. The molecule has 1 aromatic rings. The second-order valence-electron chi connectivity index (χ2n) is 4.22. The first-order valence-corrected chi connectivity index (χ1v) is 6.60. The van der Waals surface area contributed by atoms with E-state index in [2.05, 4.69) is 5.32 Å². The maximum Gasteiger partial charge on any atom is 0.328 e. The summed E-state index contributed by atoms with van der Waals surface area (Å²) in [5.41, 5.74) is -1.25. The van der Waals surface area contributed by atoms with E-state index in [0.29, 0.717) is 5.02 Å². The van der Waals surface area contributed by atoms with Crippen LogP contribution in [0.1, 0.15) is 13.8 Å². The summed E-state index contributed by atoms with van der Waals surface area (Å²) in [7, 11) is 0. The number of halogens is 1. The minimum atomic E-state index is -1.25. The number of aliphatic carboxylic acids is 1. The Morgan fingerprint density at radius 2 is 1.89 bits per heavy atom. The summed E-state index contributed by atoms with van der Waals surface area (Å²) in [5.74, 6) is -1.21. The van der Waals surface area contributed by atoms with Crippen LogP contribution in [0.25, 0.3) is 0 Å². The van der Waals surface area contributed by atoms with E-state index in [1.807, 2.05) is 12.1 Å². The summed E-state index contributed by atoms with van der Waals surface area (Å²) < 4.78 is 0. The molecule has 0 aliphatic rings. The molecule has 0 heterocycles. The summed E-state index contributed by atoms with van der Waals surface area (Å²) >= 11 is 7.07. The number of thioether (sulfide) groups is 1. The Labute approximate surface area is 115 Å². The van der Waals surface area contributed by atoms with Gasteiger partial charge in [0.2, 0.25) is 5.91 Å². The van der Waals surface area contributed by atoms with Crippen LogP contribution in [0.2, 0.25) is 5.02 Å². The zero-order valence-corrected chi connectivity index (χ0v) is 11.6. The first kappa shape index (κ1) is 14.9. The number of nitrogens with one attached hydrogen (secondary N) is 1. The maximum absolute atomic E-state index is 11.6. The van der Waals surface area contributed by atoms with Crippen molar-refractivity contribution in [3.63, 3.8) is 0 Å². The summed E-state index contributed by atoms with van der Waals surface area (Å²) in [6.45, 7) is 2.89. The molecule has 0 saturated heterocycles. The average Bonchev–Trinajstić information content (AvgIpc) is 2.27. The molecular formula is C12H14ClNO3S. The molecular weight excluding hydrogens is 274 g/mol. The number of benzene rings is 1. The van der Waals surface area contributed by atoms with E-state index in [1.165, 1.54) is 25.6 Å². The molecule has 4 nitrogen and oxygen atoms in total. The predicted octanol–water partition coefficient (Wildman–Crippen LogP) is 2.41. The van der Waals surface area contributed by atoms with E-state index in [-0.39, 0.29) is 11.7 Å². The molecule has 1 rings (SSSR count). The normalized spacial score (nSPS) is 11.1. The van der Waals surface area contributed by atoms with Crippen molar-refractivity contribution in [3.05, 3.63) is 29.3 Å². The molecule has 1 amide bonds. The third-order valence-electron chi connectivity index (χ3n) is 2.17. The van der Waals surface area contributed by atoms with Gasteiger partial charge in [-0.15, -0.1) is 11.8 Å². The van der Waals surface area contributed by atoms with Crippen LogP contribution in [0.4, 0.5) is 0 Å². The number of rotatable bonds is 5. The Bertz CT molecular complexity index is 445. The van der Waals surface area contributed by atoms with E-state index in [9.17, 15) is 9.59 Å². The van der Waals surface area contributed by atoms with Crippen LogP contribution >= 0.6 is 23.4 Å². The second kappa shape index (κ2) is 6.11. The summed E-state index contributed by atoms with van der Waals surface area (Å²) in [4.78, 5) is 23.3. The lowest BCUT2D eigenvalue weighted by atomic mass is 10.1. The van der Waals surface area contributed by atoms with Gasteiger partial charge >= 0.3 is 5.97 Å². The lowest BCUT2D eigenvalue weighted by Crippen LogP contribution is -2.50. The molecule has 0 radical (unpaired) electrons. The largest absolute Gasteiger partial charge is 0.480 e. The topological polar surface area (TPSA) is 66.4 Å². The van der Waals surface area contributed by atoms with Gasteiger partial charge in [-0.1, -0.05) is 11.6 Å². The average molecular weight is 288 g/mol. The number of hydrogen-bond acceptors (Lipinski definition) is 3. The molecule has 0 saturated carbocycles. The van der Waals surface area contributed by atoms with Gasteiger partial charge in [0.25, 0.3) is 0 Å². The minimum Gasteiger partial charge on any atom is -0.480 e. The van der Waals surface area contributed by atoms with Gasteiger partial charge in [0.05, 0.1) is 5.75 Å². The lowest BCUT2D eigenvalue weighted by Gasteiger charge is -2.20. The number of amides is 1. The highest BCUT2D eigenvalue weighted by atomic mass is 35.5. The van der Waals surface area contributed by atoms with Crippen molar-refractivity contribution < 1.29 is 14.7 Å². The Hall–Kier alpha value is -1.20. The fourth-order valence-corrected chi connectivity index (χ4v) is 1.94. The molecule has 1 aromatic carbocycles. The van der Waals surface area contributed by atoms with Crippen LogP contribution in [0, 0.1) is 0 Å². The zero-order valence-electron chi connectivity index (χ0n) is 10.1. The summed E-state index contributed by atoms with van der Waals surface area (Å²) in [6, 6.07) is 7.09. The van der Waals surface area contributed by atoms with Crippen LogP contribution in [0.5, 0.6) is 0 Å². The molecule has 6 heteroatoms. The van der Waals surface area contributed by atoms with E-state index < -0.39 is 11.5 Å². The molecule has 0 unspecified atom stereocenters. The van der Waals surface area contributed by atoms with Crippen molar-refractivity contribution in [2.45, 2.75) is 24.3 Å². The van der Waals surface area contributed by atoms with Gasteiger partial charge in [-0.05, 0) is 38.1 Å². The van der Waals surface area contributed by atoms with Gasteiger partial charge in [0.1, 0.15) is 5.54 Å². The van der Waals surface area contributed by atoms with Gasteiger partial charge in [0.15, 0.2) is 0 Å². The van der Waals surface area contributed by atoms with Crippen LogP contribution in [-0.2, 0) is 9.59 Å². The SMILES string of the molecule is CC(C)(NC(=O)CSc1ccc(Cl)cc1)C(=O)O. The molecule has 0 fully saturated rings. The van der Waals surface area contributed by atoms with Gasteiger partial charge < -0.3 is 10.4 Å². The van der Waals surface area contributed by atoms with E-state index in [0.717, 1.165) is 4.90 Å². The number of carboxylic acid groups (broad SMARTS) is 1. The fourth-order valence-electron chi connectivity index (χ4n) is 1.12. The fraction of sp³-hybridized carbons (Fsp3) is 0.333. The first-order valence-electron chi connectivity index (χ1n) is 5.24. The Balaban J connectivity index is 2.47. The molecule has 0 aliphatic carbocycles. The van der Waals surface area contributed by atoms with Crippen molar-refractivity contribution in [2.75, 3.05) is 5.75 Å². The van der Waals surface area contributed by atoms with Crippen molar-refractivity contribution in [2.24, 2.45) is 0 Å². The quantitative estimate of drug-likeness (QED) is 0.816. The van der Waals surface area contributed by atoms with Gasteiger partial charge in [0, 0.05) is 9.92 Å². The minimum absolute atomic E-state index is 0.165. The van der Waals surface area contributed by atoms with Crippen LogP contribution < -0.4 is 5.32 Å². The van der Waals surface area contributed by atoms with Crippen molar-refractivity contribution in [3.8, 4) is 0 Å². The summed E-state index contributed by atoms with van der Waals surface area (Å²) in [5, 5.41) is 12.0.